The van der Waals surface area contributed by atoms with Gasteiger partial charge >= 0.3 is 6.03 Å². The molecule has 20 heavy (non-hydrogen) atoms. The standard InChI is InChI=1S/C12H21N5O2.HI/c1-8(18)10-5-13-11(14-10)16-3-4-17-9(7-16)6-15(2)12(17)19;/h8-10,18H,3-7H2,1-2H3,(H,13,14);1H. The SMILES string of the molecule is CC(O)C1CN=C(N2CCN3C(=O)N(C)CC3C2)N1.I. The van der Waals surface area contributed by atoms with Crippen LogP contribution in [0.3, 0.4) is 0 Å². The largest absolute Gasteiger partial charge is 0.391 e. The number of rotatable bonds is 1. The Kier molecular flexibility index (Phi) is 4.62. The summed E-state index contributed by atoms with van der Waals surface area (Å²) in [6, 6.07) is 0.398. The highest BCUT2D eigenvalue weighted by Gasteiger charge is 2.40. The van der Waals surface area contributed by atoms with Crippen LogP contribution in [0.25, 0.3) is 0 Å². The molecule has 3 aliphatic heterocycles. The molecule has 0 bridgehead atoms. The van der Waals surface area contributed by atoms with Crippen LogP contribution in [0.5, 0.6) is 0 Å². The molecule has 2 fully saturated rings. The van der Waals surface area contributed by atoms with Gasteiger partial charge in [0.05, 0.1) is 24.7 Å². The van der Waals surface area contributed by atoms with Crippen LogP contribution in [0.4, 0.5) is 4.79 Å². The van der Waals surface area contributed by atoms with Gasteiger partial charge in [0.15, 0.2) is 5.96 Å². The van der Waals surface area contributed by atoms with Gasteiger partial charge in [-0.2, -0.15) is 0 Å². The smallest absolute Gasteiger partial charge is 0.320 e. The van der Waals surface area contributed by atoms with Crippen LogP contribution in [-0.2, 0) is 0 Å². The second-order valence-corrected chi connectivity index (χ2v) is 5.61. The van der Waals surface area contributed by atoms with Crippen LogP contribution in [0.15, 0.2) is 4.99 Å². The number of likely N-dealkylation sites (N-methyl/N-ethyl adjacent to an activating group) is 1. The summed E-state index contributed by atoms with van der Waals surface area (Å²) < 4.78 is 0. The van der Waals surface area contributed by atoms with Gasteiger partial charge in [-0.15, -0.1) is 24.0 Å². The normalized spacial score (nSPS) is 30.6. The molecule has 3 aliphatic rings. The topological polar surface area (TPSA) is 71.4 Å². The summed E-state index contributed by atoms with van der Waals surface area (Å²) in [7, 11) is 1.85. The number of aliphatic hydroxyl groups excluding tert-OH is 1. The fourth-order valence-electron chi connectivity index (χ4n) is 2.98. The number of urea groups is 1. The number of amides is 2. The maximum absolute atomic E-state index is 11.9. The monoisotopic (exact) mass is 395 g/mol. The lowest BCUT2D eigenvalue weighted by Gasteiger charge is -2.37. The fourth-order valence-corrected chi connectivity index (χ4v) is 2.98. The number of fused-ring (bicyclic) bond motifs is 1. The van der Waals surface area contributed by atoms with Crippen molar-refractivity contribution in [1.29, 1.82) is 0 Å². The summed E-state index contributed by atoms with van der Waals surface area (Å²) in [5, 5.41) is 12.8. The first-order valence-corrected chi connectivity index (χ1v) is 6.82. The molecule has 114 valence electrons. The number of aliphatic hydroxyl groups is 1. The number of guanidine groups is 1. The highest BCUT2D eigenvalue weighted by atomic mass is 127. The number of carbonyl (C=O) groups is 1. The van der Waals surface area contributed by atoms with Gasteiger partial charge in [-0.1, -0.05) is 0 Å². The van der Waals surface area contributed by atoms with Gasteiger partial charge in [0.25, 0.3) is 0 Å². The van der Waals surface area contributed by atoms with E-state index in [2.05, 4.69) is 15.2 Å². The minimum absolute atomic E-state index is 0. The first kappa shape index (κ1) is 15.6. The summed E-state index contributed by atoms with van der Waals surface area (Å²) in [6.07, 6.45) is -0.401. The van der Waals surface area contributed by atoms with Crippen molar-refractivity contribution in [2.75, 3.05) is 39.8 Å². The van der Waals surface area contributed by atoms with Crippen molar-refractivity contribution in [3.8, 4) is 0 Å². The van der Waals surface area contributed by atoms with Crippen molar-refractivity contribution in [1.82, 2.24) is 20.0 Å². The number of piperazine rings is 1. The molecule has 3 unspecified atom stereocenters. The summed E-state index contributed by atoms with van der Waals surface area (Å²) in [5.41, 5.74) is 0. The number of nitrogens with zero attached hydrogens (tertiary/aromatic N) is 4. The summed E-state index contributed by atoms with van der Waals surface area (Å²) in [4.78, 5) is 22.2. The van der Waals surface area contributed by atoms with Crippen LogP contribution in [0.1, 0.15) is 6.92 Å². The zero-order valence-electron chi connectivity index (χ0n) is 11.8. The van der Waals surface area contributed by atoms with Gasteiger partial charge in [-0.05, 0) is 6.92 Å². The summed E-state index contributed by atoms with van der Waals surface area (Å²) in [6.45, 7) is 5.54. The quantitative estimate of drug-likeness (QED) is 0.580. The highest BCUT2D eigenvalue weighted by molar-refractivity contribution is 14.0. The molecule has 3 heterocycles. The Morgan fingerprint density at radius 3 is 2.80 bits per heavy atom. The molecule has 8 heteroatoms. The second kappa shape index (κ2) is 5.92. The van der Waals surface area contributed by atoms with Crippen molar-refractivity contribution in [2.45, 2.75) is 25.1 Å². The number of hydrogen-bond donors (Lipinski definition) is 2. The lowest BCUT2D eigenvalue weighted by atomic mass is 10.2. The van der Waals surface area contributed by atoms with Crippen LogP contribution in [0.2, 0.25) is 0 Å². The number of aliphatic imine (C=N–C) groups is 1. The van der Waals surface area contributed by atoms with Gasteiger partial charge in [0, 0.05) is 33.2 Å². The molecule has 0 aliphatic carbocycles. The summed E-state index contributed by atoms with van der Waals surface area (Å²) in [5.74, 6) is 0.868. The Morgan fingerprint density at radius 1 is 1.40 bits per heavy atom. The number of hydrogen-bond acceptors (Lipinski definition) is 5. The molecule has 3 rings (SSSR count). The third kappa shape index (κ3) is 2.67. The van der Waals surface area contributed by atoms with Crippen molar-refractivity contribution < 1.29 is 9.90 Å². The minimum atomic E-state index is -0.401. The molecule has 0 radical (unpaired) electrons. The van der Waals surface area contributed by atoms with Crippen molar-refractivity contribution >= 4 is 36.0 Å². The van der Waals surface area contributed by atoms with Gasteiger partial charge < -0.3 is 25.1 Å². The maximum atomic E-state index is 11.9. The zero-order chi connectivity index (χ0) is 13.6. The molecule has 0 saturated carbocycles. The van der Waals surface area contributed by atoms with E-state index < -0.39 is 6.10 Å². The Balaban J connectivity index is 0.00000147. The highest BCUT2D eigenvalue weighted by Crippen LogP contribution is 2.20. The zero-order valence-corrected chi connectivity index (χ0v) is 14.2. The Bertz CT molecular complexity index is 417. The van der Waals surface area contributed by atoms with E-state index in [0.717, 1.165) is 32.1 Å². The van der Waals surface area contributed by atoms with Crippen LogP contribution in [0, 0.1) is 0 Å². The van der Waals surface area contributed by atoms with E-state index in [1.165, 1.54) is 0 Å². The van der Waals surface area contributed by atoms with Gasteiger partial charge in [-0.3, -0.25) is 4.99 Å². The molecule has 3 atom stereocenters. The molecular weight excluding hydrogens is 373 g/mol. The molecule has 0 aromatic carbocycles. The molecule has 0 spiro atoms. The summed E-state index contributed by atoms with van der Waals surface area (Å²) >= 11 is 0. The van der Waals surface area contributed by atoms with E-state index in [4.69, 9.17) is 0 Å². The molecule has 2 saturated heterocycles. The van der Waals surface area contributed by atoms with E-state index in [-0.39, 0.29) is 42.1 Å². The number of halogens is 1. The van der Waals surface area contributed by atoms with E-state index in [9.17, 15) is 9.90 Å². The Hall–Kier alpha value is -0.770. The molecular formula is C12H22IN5O2. The minimum Gasteiger partial charge on any atom is -0.391 e. The predicted octanol–water partition coefficient (Wildman–Crippen LogP) is -0.635. The predicted molar refractivity (Wildman–Crippen MR) is 86.4 cm³/mol. The maximum Gasteiger partial charge on any atom is 0.320 e. The fraction of sp³-hybridized carbons (Fsp3) is 0.833. The molecule has 7 nitrogen and oxygen atoms in total. The second-order valence-electron chi connectivity index (χ2n) is 5.61. The third-order valence-electron chi connectivity index (χ3n) is 4.17. The van der Waals surface area contributed by atoms with Crippen LogP contribution in [-0.4, -0.2) is 89.8 Å². The van der Waals surface area contributed by atoms with E-state index in [1.54, 1.807) is 11.8 Å². The average molecular weight is 395 g/mol. The Morgan fingerprint density at radius 2 is 2.15 bits per heavy atom. The Labute approximate surface area is 136 Å². The van der Waals surface area contributed by atoms with E-state index in [0.29, 0.717) is 6.54 Å². The molecule has 2 amide bonds. The molecule has 2 N–H and O–H groups in total. The van der Waals surface area contributed by atoms with E-state index in [1.807, 2.05) is 11.9 Å². The van der Waals surface area contributed by atoms with Gasteiger partial charge in [0.2, 0.25) is 0 Å². The van der Waals surface area contributed by atoms with Gasteiger partial charge in [0.1, 0.15) is 0 Å². The van der Waals surface area contributed by atoms with Crippen molar-refractivity contribution in [3.05, 3.63) is 0 Å². The average Bonchev–Trinajstić information content (AvgIpc) is 2.96. The van der Waals surface area contributed by atoms with E-state index >= 15 is 0 Å². The molecule has 0 aromatic rings. The van der Waals surface area contributed by atoms with Crippen molar-refractivity contribution in [3.63, 3.8) is 0 Å². The lowest BCUT2D eigenvalue weighted by molar-refractivity contribution is 0.150. The first-order chi connectivity index (χ1) is 9.06. The number of nitrogens with one attached hydrogen (secondary N) is 1. The number of carbonyl (C=O) groups excluding carboxylic acids is 1. The third-order valence-corrected chi connectivity index (χ3v) is 4.17. The van der Waals surface area contributed by atoms with Crippen LogP contribution < -0.4 is 5.32 Å². The van der Waals surface area contributed by atoms with Crippen molar-refractivity contribution in [2.24, 2.45) is 4.99 Å². The molecule has 0 aromatic heterocycles. The van der Waals surface area contributed by atoms with Crippen LogP contribution >= 0.6 is 24.0 Å². The first-order valence-electron chi connectivity index (χ1n) is 6.82. The van der Waals surface area contributed by atoms with Gasteiger partial charge in [-0.25, -0.2) is 4.79 Å². The lowest BCUT2D eigenvalue weighted by Crippen LogP contribution is -2.57.